The van der Waals surface area contributed by atoms with Crippen LogP contribution in [0.4, 0.5) is 11.6 Å². The number of methoxy groups -OCH3 is 1. The van der Waals surface area contributed by atoms with Crippen LogP contribution in [0.3, 0.4) is 0 Å². The number of ether oxygens (including phenoxy) is 1. The van der Waals surface area contributed by atoms with Crippen molar-refractivity contribution in [2.75, 3.05) is 24.4 Å². The molecule has 0 saturated heterocycles. The van der Waals surface area contributed by atoms with Gasteiger partial charge < -0.3 is 15.5 Å². The summed E-state index contributed by atoms with van der Waals surface area (Å²) >= 11 is 0. The Bertz CT molecular complexity index is 403. The Morgan fingerprint density at radius 1 is 1.33 bits per heavy atom. The first-order valence-corrected chi connectivity index (χ1v) is 6.28. The van der Waals surface area contributed by atoms with Crippen LogP contribution in [-0.2, 0) is 0 Å². The van der Waals surface area contributed by atoms with E-state index in [1.54, 1.807) is 7.11 Å². The third kappa shape index (κ3) is 2.64. The fourth-order valence-electron chi connectivity index (χ4n) is 2.50. The Balaban J connectivity index is 2.09. The lowest BCUT2D eigenvalue weighted by Gasteiger charge is -2.24. The van der Waals surface area contributed by atoms with Crippen molar-refractivity contribution < 1.29 is 4.74 Å². The molecule has 0 amide bonds. The number of anilines is 2. The van der Waals surface area contributed by atoms with Gasteiger partial charge in [0.05, 0.1) is 7.11 Å². The van der Waals surface area contributed by atoms with Crippen LogP contribution in [0, 0.1) is 5.41 Å². The molecule has 0 atom stereocenters. The largest absolute Gasteiger partial charge is 0.490 e. The molecule has 1 heterocycles. The normalized spacial score (nSPS) is 17.5. The van der Waals surface area contributed by atoms with E-state index in [1.807, 2.05) is 0 Å². The fraction of sp³-hybridized carbons (Fsp3) is 0.667. The van der Waals surface area contributed by atoms with Gasteiger partial charge in [0.15, 0.2) is 11.6 Å². The van der Waals surface area contributed by atoms with Crippen LogP contribution in [-0.4, -0.2) is 23.6 Å². The van der Waals surface area contributed by atoms with Gasteiger partial charge in [0.1, 0.15) is 6.33 Å². The summed E-state index contributed by atoms with van der Waals surface area (Å²) in [6.07, 6.45) is 6.62. The van der Waals surface area contributed by atoms with Gasteiger partial charge in [-0.05, 0) is 18.3 Å². The van der Waals surface area contributed by atoms with Gasteiger partial charge in [0, 0.05) is 6.54 Å². The summed E-state index contributed by atoms with van der Waals surface area (Å²) < 4.78 is 5.29. The van der Waals surface area contributed by atoms with Crippen molar-refractivity contribution in [2.45, 2.75) is 32.6 Å². The topological polar surface area (TPSA) is 85.1 Å². The number of nitrogens with zero attached hydrogens (tertiary/aromatic N) is 2. The van der Waals surface area contributed by atoms with Gasteiger partial charge in [0.2, 0.25) is 5.75 Å². The molecule has 0 spiro atoms. The number of nitrogens with one attached hydrogen (secondary N) is 2. The highest BCUT2D eigenvalue weighted by Gasteiger charge is 2.28. The molecule has 1 aliphatic rings. The predicted molar refractivity (Wildman–Crippen MR) is 71.5 cm³/mol. The maximum Gasteiger partial charge on any atom is 0.205 e. The Kier molecular flexibility index (Phi) is 3.86. The Hall–Kier alpha value is -1.56. The molecule has 1 aliphatic carbocycles. The highest BCUT2D eigenvalue weighted by atomic mass is 16.5. The van der Waals surface area contributed by atoms with Crippen LogP contribution in [0.1, 0.15) is 32.6 Å². The van der Waals surface area contributed by atoms with Crippen LogP contribution in [0.2, 0.25) is 0 Å². The molecule has 18 heavy (non-hydrogen) atoms. The minimum absolute atomic E-state index is 0.353. The summed E-state index contributed by atoms with van der Waals surface area (Å²) in [5, 5.41) is 3.35. The zero-order valence-corrected chi connectivity index (χ0v) is 11.0. The first-order valence-electron chi connectivity index (χ1n) is 6.28. The molecule has 0 bridgehead atoms. The lowest BCUT2D eigenvalue weighted by atomic mass is 9.89. The highest BCUT2D eigenvalue weighted by Crippen LogP contribution is 2.38. The van der Waals surface area contributed by atoms with E-state index in [-0.39, 0.29) is 0 Å². The summed E-state index contributed by atoms with van der Waals surface area (Å²) in [5.74, 6) is 7.13. The molecule has 6 heteroatoms. The van der Waals surface area contributed by atoms with Crippen molar-refractivity contribution in [3.63, 3.8) is 0 Å². The van der Waals surface area contributed by atoms with Gasteiger partial charge in [-0.25, -0.2) is 15.8 Å². The number of aromatic nitrogens is 2. The SMILES string of the molecule is COc1c(NN)ncnc1NCC1(C)CCCC1. The molecule has 100 valence electrons. The van der Waals surface area contributed by atoms with Gasteiger partial charge in [-0.15, -0.1) is 0 Å². The van der Waals surface area contributed by atoms with E-state index in [0.29, 0.717) is 22.8 Å². The van der Waals surface area contributed by atoms with E-state index < -0.39 is 0 Å². The second-order valence-corrected chi connectivity index (χ2v) is 5.12. The van der Waals surface area contributed by atoms with Crippen molar-refractivity contribution in [1.82, 2.24) is 9.97 Å². The molecule has 1 saturated carbocycles. The van der Waals surface area contributed by atoms with Crippen LogP contribution < -0.4 is 21.3 Å². The molecule has 6 nitrogen and oxygen atoms in total. The maximum atomic E-state index is 5.39. The van der Waals surface area contributed by atoms with E-state index >= 15 is 0 Å². The number of hydrogen-bond donors (Lipinski definition) is 3. The molecule has 0 aromatic carbocycles. The van der Waals surface area contributed by atoms with Crippen LogP contribution in [0.15, 0.2) is 6.33 Å². The maximum absolute atomic E-state index is 5.39. The highest BCUT2D eigenvalue weighted by molar-refractivity contribution is 5.63. The van der Waals surface area contributed by atoms with Gasteiger partial charge in [-0.3, -0.25) is 0 Å². The first kappa shape index (κ1) is 12.9. The first-order chi connectivity index (χ1) is 8.68. The molecular weight excluding hydrogens is 230 g/mol. The number of hydrogen-bond acceptors (Lipinski definition) is 6. The summed E-state index contributed by atoms with van der Waals surface area (Å²) in [6, 6.07) is 0. The predicted octanol–water partition coefficient (Wildman–Crippen LogP) is 1.76. The Morgan fingerprint density at radius 3 is 2.61 bits per heavy atom. The fourth-order valence-corrected chi connectivity index (χ4v) is 2.50. The number of hydrazine groups is 1. The summed E-state index contributed by atoms with van der Waals surface area (Å²) in [4.78, 5) is 8.22. The second kappa shape index (κ2) is 5.39. The minimum atomic E-state index is 0.353. The van der Waals surface area contributed by atoms with Crippen molar-refractivity contribution in [3.8, 4) is 5.75 Å². The molecule has 2 rings (SSSR count). The number of nitrogen functional groups attached to an aromatic ring is 1. The van der Waals surface area contributed by atoms with Crippen molar-refractivity contribution >= 4 is 11.6 Å². The third-order valence-electron chi connectivity index (χ3n) is 3.64. The van der Waals surface area contributed by atoms with E-state index in [9.17, 15) is 0 Å². The van der Waals surface area contributed by atoms with Gasteiger partial charge >= 0.3 is 0 Å². The standard InChI is InChI=1S/C12H21N5O/c1-12(5-3-4-6-12)7-14-10-9(18-2)11(17-13)16-8-15-10/h8H,3-7,13H2,1-2H3,(H2,14,15,16,17). The molecule has 1 fully saturated rings. The molecule has 0 aliphatic heterocycles. The summed E-state index contributed by atoms with van der Waals surface area (Å²) in [5.41, 5.74) is 2.86. The van der Waals surface area contributed by atoms with Gasteiger partial charge in [-0.1, -0.05) is 19.8 Å². The molecule has 4 N–H and O–H groups in total. The minimum Gasteiger partial charge on any atom is -0.490 e. The number of rotatable bonds is 5. The van der Waals surface area contributed by atoms with Crippen LogP contribution in [0.5, 0.6) is 5.75 Å². The van der Waals surface area contributed by atoms with Crippen molar-refractivity contribution in [2.24, 2.45) is 11.3 Å². The lowest BCUT2D eigenvalue weighted by molar-refractivity contribution is 0.359. The van der Waals surface area contributed by atoms with Crippen molar-refractivity contribution in [3.05, 3.63) is 6.33 Å². The zero-order chi connectivity index (χ0) is 13.0. The van der Waals surface area contributed by atoms with E-state index in [0.717, 1.165) is 6.54 Å². The van der Waals surface area contributed by atoms with E-state index in [2.05, 4.69) is 27.6 Å². The molecule has 1 aromatic rings. The monoisotopic (exact) mass is 251 g/mol. The van der Waals surface area contributed by atoms with E-state index in [4.69, 9.17) is 10.6 Å². The lowest BCUT2D eigenvalue weighted by Crippen LogP contribution is -2.24. The average molecular weight is 251 g/mol. The van der Waals surface area contributed by atoms with E-state index in [1.165, 1.54) is 32.0 Å². The quantitative estimate of drug-likeness (QED) is 0.546. The smallest absolute Gasteiger partial charge is 0.205 e. The summed E-state index contributed by atoms with van der Waals surface area (Å²) in [6.45, 7) is 3.20. The zero-order valence-electron chi connectivity index (χ0n) is 11.0. The molecule has 1 aromatic heterocycles. The Labute approximate surface area is 107 Å². The van der Waals surface area contributed by atoms with Crippen molar-refractivity contribution in [1.29, 1.82) is 0 Å². The average Bonchev–Trinajstić information content (AvgIpc) is 2.83. The van der Waals surface area contributed by atoms with Gasteiger partial charge in [-0.2, -0.15) is 0 Å². The molecular formula is C12H21N5O. The number of nitrogens with two attached hydrogens (primary N) is 1. The molecule has 0 unspecified atom stereocenters. The van der Waals surface area contributed by atoms with Crippen LogP contribution in [0.25, 0.3) is 0 Å². The third-order valence-corrected chi connectivity index (χ3v) is 3.64. The molecule has 0 radical (unpaired) electrons. The Morgan fingerprint density at radius 2 is 2.00 bits per heavy atom. The van der Waals surface area contributed by atoms with Crippen LogP contribution >= 0.6 is 0 Å². The summed E-state index contributed by atoms with van der Waals surface area (Å²) in [7, 11) is 1.59. The second-order valence-electron chi connectivity index (χ2n) is 5.12. The van der Waals surface area contributed by atoms with Gasteiger partial charge in [0.25, 0.3) is 0 Å².